The standard InChI is InChI=1S/C22H21FN6OS/c1-11-6-14(7-12(2)24-11)17-4-5-18-21(27-17)31-22(28-18)20(30)26-15-8-16(23)19-25-13(3)9-29(19)10-15/h4-6,8-12,24H,7H2,1-3H3,(H,26,30)/t11-,12+/m1/s1. The number of pyridine rings is 2. The first kappa shape index (κ1) is 19.8. The Labute approximate surface area is 182 Å². The Morgan fingerprint density at radius 2 is 2.10 bits per heavy atom. The molecule has 0 bridgehead atoms. The van der Waals surface area contributed by atoms with Gasteiger partial charge in [-0.1, -0.05) is 17.4 Å². The normalized spacial score (nSPS) is 19.0. The zero-order valence-electron chi connectivity index (χ0n) is 17.3. The van der Waals surface area contributed by atoms with Gasteiger partial charge in [0.25, 0.3) is 5.91 Å². The lowest BCUT2D eigenvalue weighted by atomic mass is 9.97. The molecule has 4 aromatic heterocycles. The number of aryl methyl sites for hydroxylation is 1. The summed E-state index contributed by atoms with van der Waals surface area (Å²) in [6.45, 7) is 6.06. The second kappa shape index (κ2) is 7.51. The van der Waals surface area contributed by atoms with E-state index >= 15 is 0 Å². The predicted octanol–water partition coefficient (Wildman–Crippen LogP) is 4.19. The van der Waals surface area contributed by atoms with Crippen LogP contribution < -0.4 is 10.6 Å². The van der Waals surface area contributed by atoms with E-state index in [1.807, 2.05) is 12.1 Å². The molecule has 0 unspecified atom stereocenters. The summed E-state index contributed by atoms with van der Waals surface area (Å²) >= 11 is 1.23. The third-order valence-corrected chi connectivity index (χ3v) is 6.15. The van der Waals surface area contributed by atoms with E-state index in [1.54, 1.807) is 23.7 Å². The number of fused-ring (bicyclic) bond motifs is 2. The van der Waals surface area contributed by atoms with Gasteiger partial charge >= 0.3 is 0 Å². The fourth-order valence-corrected chi connectivity index (χ4v) is 4.80. The number of anilines is 1. The second-order valence-corrected chi connectivity index (χ2v) is 8.91. The molecule has 5 rings (SSSR count). The molecule has 158 valence electrons. The number of thiazole rings is 1. The summed E-state index contributed by atoms with van der Waals surface area (Å²) in [6.07, 6.45) is 6.42. The number of nitrogens with zero attached hydrogens (tertiary/aromatic N) is 4. The number of amides is 1. The molecule has 2 N–H and O–H groups in total. The van der Waals surface area contributed by atoms with Gasteiger partial charge in [0, 0.05) is 30.5 Å². The summed E-state index contributed by atoms with van der Waals surface area (Å²) in [5.74, 6) is -0.899. The maximum absolute atomic E-state index is 14.3. The molecule has 0 aromatic carbocycles. The Hall–Kier alpha value is -3.17. The molecule has 0 saturated carbocycles. The summed E-state index contributed by atoms with van der Waals surface area (Å²) in [5.41, 5.74) is 4.03. The number of imidazole rings is 1. The minimum absolute atomic E-state index is 0.225. The number of nitrogens with one attached hydrogen (secondary N) is 2. The highest BCUT2D eigenvalue weighted by molar-refractivity contribution is 7.20. The molecule has 0 aliphatic carbocycles. The summed E-state index contributed by atoms with van der Waals surface area (Å²) in [6, 6.07) is 5.77. The maximum atomic E-state index is 14.3. The van der Waals surface area contributed by atoms with Crippen molar-refractivity contribution in [2.75, 3.05) is 5.32 Å². The molecule has 0 spiro atoms. The summed E-state index contributed by atoms with van der Waals surface area (Å²) < 4.78 is 15.8. The molecular weight excluding hydrogens is 415 g/mol. The van der Waals surface area contributed by atoms with Gasteiger partial charge in [0.05, 0.1) is 17.1 Å². The molecular formula is C22H21FN6OS. The van der Waals surface area contributed by atoms with Crippen molar-refractivity contribution in [1.82, 2.24) is 24.7 Å². The molecule has 0 fully saturated rings. The Kier molecular flexibility index (Phi) is 4.79. The molecule has 31 heavy (non-hydrogen) atoms. The first-order valence-electron chi connectivity index (χ1n) is 10.1. The van der Waals surface area contributed by atoms with E-state index in [2.05, 4.69) is 40.5 Å². The van der Waals surface area contributed by atoms with Gasteiger partial charge in [-0.25, -0.2) is 19.3 Å². The van der Waals surface area contributed by atoms with E-state index in [4.69, 9.17) is 4.98 Å². The highest BCUT2D eigenvalue weighted by Crippen LogP contribution is 2.27. The quantitative estimate of drug-likeness (QED) is 0.503. The van der Waals surface area contributed by atoms with Crippen LogP contribution in [0.3, 0.4) is 0 Å². The van der Waals surface area contributed by atoms with Crippen molar-refractivity contribution in [2.45, 2.75) is 39.3 Å². The molecule has 1 aliphatic rings. The fraction of sp³-hybridized carbons (Fsp3) is 0.273. The zero-order valence-corrected chi connectivity index (χ0v) is 18.1. The van der Waals surface area contributed by atoms with E-state index in [-0.39, 0.29) is 16.7 Å². The monoisotopic (exact) mass is 436 g/mol. The van der Waals surface area contributed by atoms with Crippen LogP contribution in [0.5, 0.6) is 0 Å². The summed E-state index contributed by atoms with van der Waals surface area (Å²) in [5, 5.41) is 6.48. The summed E-state index contributed by atoms with van der Waals surface area (Å²) in [7, 11) is 0. The van der Waals surface area contributed by atoms with Gasteiger partial charge in [-0.15, -0.1) is 0 Å². The highest BCUT2D eigenvalue weighted by atomic mass is 32.1. The Morgan fingerprint density at radius 1 is 1.26 bits per heavy atom. The van der Waals surface area contributed by atoms with Gasteiger partial charge in [-0.05, 0) is 44.9 Å². The average molecular weight is 437 g/mol. The van der Waals surface area contributed by atoms with Crippen LogP contribution in [0.25, 0.3) is 21.6 Å². The van der Waals surface area contributed by atoms with Gasteiger partial charge in [0.15, 0.2) is 16.5 Å². The van der Waals surface area contributed by atoms with Crippen LogP contribution in [0.4, 0.5) is 10.1 Å². The van der Waals surface area contributed by atoms with Crippen LogP contribution in [0, 0.1) is 12.7 Å². The van der Waals surface area contributed by atoms with Crippen LogP contribution >= 0.6 is 11.3 Å². The van der Waals surface area contributed by atoms with Crippen LogP contribution in [0.1, 0.15) is 41.5 Å². The molecule has 0 saturated heterocycles. The van der Waals surface area contributed by atoms with Crippen molar-refractivity contribution < 1.29 is 9.18 Å². The maximum Gasteiger partial charge on any atom is 0.284 e. The fourth-order valence-electron chi connectivity index (χ4n) is 3.97. The Balaban J connectivity index is 1.42. The number of hydrogen-bond acceptors (Lipinski definition) is 6. The van der Waals surface area contributed by atoms with Gasteiger partial charge in [-0.2, -0.15) is 0 Å². The van der Waals surface area contributed by atoms with E-state index < -0.39 is 11.7 Å². The predicted molar refractivity (Wildman–Crippen MR) is 120 cm³/mol. The number of aromatic nitrogens is 4. The Bertz CT molecular complexity index is 1360. The van der Waals surface area contributed by atoms with E-state index in [0.717, 1.165) is 12.1 Å². The van der Waals surface area contributed by atoms with Crippen LogP contribution in [0.15, 0.2) is 36.7 Å². The van der Waals surface area contributed by atoms with Crippen molar-refractivity contribution in [1.29, 1.82) is 0 Å². The van der Waals surface area contributed by atoms with Crippen LogP contribution in [-0.2, 0) is 0 Å². The first-order chi connectivity index (χ1) is 14.9. The molecule has 1 aliphatic heterocycles. The lowest BCUT2D eigenvalue weighted by Gasteiger charge is -2.25. The third kappa shape index (κ3) is 3.82. The van der Waals surface area contributed by atoms with E-state index in [9.17, 15) is 9.18 Å². The number of halogens is 1. The molecule has 1 amide bonds. The Morgan fingerprint density at radius 3 is 2.90 bits per heavy atom. The number of carbonyl (C=O) groups excluding carboxylic acids is 1. The largest absolute Gasteiger partial charge is 0.318 e. The molecule has 4 aromatic rings. The van der Waals surface area contributed by atoms with Gasteiger partial charge < -0.3 is 15.0 Å². The highest BCUT2D eigenvalue weighted by Gasteiger charge is 2.19. The topological polar surface area (TPSA) is 84.2 Å². The number of hydrogen-bond donors (Lipinski definition) is 2. The smallest absolute Gasteiger partial charge is 0.284 e. The van der Waals surface area contributed by atoms with Crippen molar-refractivity contribution in [3.63, 3.8) is 0 Å². The van der Waals surface area contributed by atoms with Gasteiger partial charge in [-0.3, -0.25) is 4.79 Å². The summed E-state index contributed by atoms with van der Waals surface area (Å²) in [4.78, 5) is 26.7. The van der Waals surface area contributed by atoms with Gasteiger partial charge in [0.2, 0.25) is 0 Å². The van der Waals surface area contributed by atoms with Crippen molar-refractivity contribution in [3.05, 3.63) is 58.9 Å². The minimum atomic E-state index is -0.500. The lowest BCUT2D eigenvalue weighted by molar-refractivity contribution is 0.102. The van der Waals surface area contributed by atoms with Crippen LogP contribution in [-0.4, -0.2) is 37.3 Å². The molecule has 9 heteroatoms. The lowest BCUT2D eigenvalue weighted by Crippen LogP contribution is -2.36. The SMILES string of the molecule is Cc1cn2cc(NC(=O)c3nc4ccc(C5=C[C@@H](C)N[C@@H](C)C5)nc4s3)cc(F)c2n1. The molecule has 0 radical (unpaired) electrons. The van der Waals surface area contributed by atoms with Crippen molar-refractivity contribution in [2.24, 2.45) is 0 Å². The molecule has 7 nitrogen and oxygen atoms in total. The molecule has 2 atom stereocenters. The number of carbonyl (C=O) groups is 1. The second-order valence-electron chi connectivity index (χ2n) is 7.94. The van der Waals surface area contributed by atoms with E-state index in [1.165, 1.54) is 23.0 Å². The molecule has 5 heterocycles. The third-order valence-electron chi connectivity index (χ3n) is 5.19. The van der Waals surface area contributed by atoms with Gasteiger partial charge in [0.1, 0.15) is 10.3 Å². The van der Waals surface area contributed by atoms with Crippen molar-refractivity contribution >= 4 is 44.5 Å². The van der Waals surface area contributed by atoms with Crippen LogP contribution in [0.2, 0.25) is 0 Å². The minimum Gasteiger partial charge on any atom is -0.318 e. The zero-order chi connectivity index (χ0) is 21.7. The van der Waals surface area contributed by atoms with E-state index in [0.29, 0.717) is 27.8 Å². The number of rotatable bonds is 3. The average Bonchev–Trinajstić information content (AvgIpc) is 3.29. The first-order valence-corrected chi connectivity index (χ1v) is 10.9. The van der Waals surface area contributed by atoms with Crippen molar-refractivity contribution in [3.8, 4) is 0 Å².